The molecule has 1 saturated carbocycles. The number of ether oxygens (including phenoxy) is 2. The van der Waals surface area contributed by atoms with Gasteiger partial charge in [-0.2, -0.15) is 5.26 Å². The summed E-state index contributed by atoms with van der Waals surface area (Å²) in [6.45, 7) is 1.39. The normalized spacial score (nSPS) is 21.3. The molecule has 0 atom stereocenters. The van der Waals surface area contributed by atoms with E-state index in [0.29, 0.717) is 13.2 Å². The van der Waals surface area contributed by atoms with E-state index in [0.717, 1.165) is 36.8 Å². The van der Waals surface area contributed by atoms with Crippen molar-refractivity contribution >= 4 is 5.57 Å². The van der Waals surface area contributed by atoms with E-state index in [1.165, 1.54) is 5.57 Å². The molecule has 1 aromatic rings. The fourth-order valence-electron chi connectivity index (χ4n) is 2.92. The maximum Gasteiger partial charge on any atom is 0.169 e. The number of rotatable bonds is 1. The average molecular weight is 255 g/mol. The van der Waals surface area contributed by atoms with Crippen molar-refractivity contribution < 1.29 is 9.47 Å². The lowest BCUT2D eigenvalue weighted by atomic mass is 9.85. The molecule has 19 heavy (non-hydrogen) atoms. The van der Waals surface area contributed by atoms with Gasteiger partial charge in [0.1, 0.15) is 0 Å². The summed E-state index contributed by atoms with van der Waals surface area (Å²) >= 11 is 0. The molecule has 0 aromatic heterocycles. The van der Waals surface area contributed by atoms with Crippen LogP contribution in [0.15, 0.2) is 35.9 Å². The molecule has 3 rings (SSSR count). The summed E-state index contributed by atoms with van der Waals surface area (Å²) in [7, 11) is 0. The maximum absolute atomic E-state index is 9.42. The summed E-state index contributed by atoms with van der Waals surface area (Å²) in [6, 6.07) is 12.3. The highest BCUT2D eigenvalue weighted by atomic mass is 16.7. The summed E-state index contributed by atoms with van der Waals surface area (Å²) in [5.41, 5.74) is 3.08. The van der Waals surface area contributed by atoms with Gasteiger partial charge in [-0.3, -0.25) is 0 Å². The molecule has 3 nitrogen and oxygen atoms in total. The lowest BCUT2D eigenvalue weighted by Crippen LogP contribution is -2.33. The molecule has 0 unspecified atom stereocenters. The molecule has 3 heteroatoms. The minimum Gasteiger partial charge on any atom is -0.348 e. The summed E-state index contributed by atoms with van der Waals surface area (Å²) in [5.74, 6) is -0.360. The third-order valence-corrected chi connectivity index (χ3v) is 3.96. The number of hydrogen-bond donors (Lipinski definition) is 0. The van der Waals surface area contributed by atoms with E-state index in [1.54, 1.807) is 0 Å². The van der Waals surface area contributed by atoms with Crippen LogP contribution in [0.4, 0.5) is 0 Å². The average Bonchev–Trinajstić information content (AvgIpc) is 2.92. The summed E-state index contributed by atoms with van der Waals surface area (Å²) in [4.78, 5) is 0. The van der Waals surface area contributed by atoms with Gasteiger partial charge >= 0.3 is 0 Å². The number of benzene rings is 1. The van der Waals surface area contributed by atoms with Crippen LogP contribution in [0.3, 0.4) is 0 Å². The Bertz CT molecular complexity index is 509. The first-order chi connectivity index (χ1) is 9.33. The van der Waals surface area contributed by atoms with Gasteiger partial charge in [-0.25, -0.2) is 0 Å². The van der Waals surface area contributed by atoms with Gasteiger partial charge in [0, 0.05) is 12.8 Å². The predicted molar refractivity (Wildman–Crippen MR) is 72.1 cm³/mol. The molecule has 0 N–H and O–H groups in total. The number of nitrogens with zero attached hydrogens (tertiary/aromatic N) is 1. The molecule has 1 aromatic carbocycles. The van der Waals surface area contributed by atoms with Crippen molar-refractivity contribution in [2.75, 3.05) is 13.2 Å². The number of nitriles is 1. The van der Waals surface area contributed by atoms with Crippen molar-refractivity contribution in [3.8, 4) is 6.07 Å². The van der Waals surface area contributed by atoms with Crippen molar-refractivity contribution in [1.82, 2.24) is 0 Å². The fraction of sp³-hybridized carbons (Fsp3) is 0.438. The maximum atomic E-state index is 9.42. The highest BCUT2D eigenvalue weighted by Gasteiger charge is 2.39. The van der Waals surface area contributed by atoms with Crippen molar-refractivity contribution in [2.45, 2.75) is 31.5 Å². The van der Waals surface area contributed by atoms with Crippen LogP contribution in [0.2, 0.25) is 0 Å². The zero-order chi connectivity index (χ0) is 13.1. The van der Waals surface area contributed by atoms with Gasteiger partial charge in [0.05, 0.1) is 24.9 Å². The van der Waals surface area contributed by atoms with Gasteiger partial charge in [0.25, 0.3) is 0 Å². The molecule has 0 bridgehead atoms. The van der Waals surface area contributed by atoms with Gasteiger partial charge in [-0.05, 0) is 18.4 Å². The first-order valence-electron chi connectivity index (χ1n) is 6.78. The van der Waals surface area contributed by atoms with E-state index in [2.05, 4.69) is 6.07 Å². The van der Waals surface area contributed by atoms with E-state index in [4.69, 9.17) is 9.47 Å². The smallest absolute Gasteiger partial charge is 0.169 e. The Hall–Kier alpha value is -1.63. The third-order valence-electron chi connectivity index (χ3n) is 3.96. The molecule has 1 aliphatic heterocycles. The van der Waals surface area contributed by atoms with Gasteiger partial charge in [0.15, 0.2) is 5.79 Å². The van der Waals surface area contributed by atoms with E-state index in [1.807, 2.05) is 30.3 Å². The second-order valence-electron chi connectivity index (χ2n) is 5.06. The Balaban J connectivity index is 1.82. The minimum atomic E-state index is -0.360. The van der Waals surface area contributed by atoms with Crippen LogP contribution in [0.25, 0.3) is 5.57 Å². The Morgan fingerprint density at radius 1 is 1.05 bits per heavy atom. The lowest BCUT2D eigenvalue weighted by Gasteiger charge is -2.32. The SMILES string of the molecule is N#CC(=C1CCC2(CC1)OCCO2)c1ccccc1. The van der Waals surface area contributed by atoms with Crippen LogP contribution in [0, 0.1) is 11.3 Å². The molecule has 1 heterocycles. The van der Waals surface area contributed by atoms with Crippen molar-refractivity contribution in [1.29, 1.82) is 5.26 Å². The summed E-state index contributed by atoms with van der Waals surface area (Å²) < 4.78 is 11.4. The van der Waals surface area contributed by atoms with E-state index < -0.39 is 0 Å². The lowest BCUT2D eigenvalue weighted by molar-refractivity contribution is -0.171. The van der Waals surface area contributed by atoms with Gasteiger partial charge in [-0.1, -0.05) is 35.9 Å². The highest BCUT2D eigenvalue weighted by Crippen LogP contribution is 2.40. The van der Waals surface area contributed by atoms with Crippen molar-refractivity contribution in [3.63, 3.8) is 0 Å². The summed E-state index contributed by atoms with van der Waals surface area (Å²) in [6.07, 6.45) is 3.50. The Morgan fingerprint density at radius 2 is 1.68 bits per heavy atom. The predicted octanol–water partition coefficient (Wildman–Crippen LogP) is 3.28. The second kappa shape index (κ2) is 5.16. The van der Waals surface area contributed by atoms with Gasteiger partial charge in [-0.15, -0.1) is 0 Å². The van der Waals surface area contributed by atoms with Crippen molar-refractivity contribution in [2.24, 2.45) is 0 Å². The molecular weight excluding hydrogens is 238 g/mol. The molecule has 0 amide bonds. The van der Waals surface area contributed by atoms with Gasteiger partial charge in [0.2, 0.25) is 0 Å². The van der Waals surface area contributed by atoms with Crippen LogP contribution in [0.5, 0.6) is 0 Å². The molecule has 0 radical (unpaired) electrons. The number of hydrogen-bond acceptors (Lipinski definition) is 3. The standard InChI is InChI=1S/C16H17NO2/c17-12-15(13-4-2-1-3-5-13)14-6-8-16(9-7-14)18-10-11-19-16/h1-5H,6-11H2. The van der Waals surface area contributed by atoms with Crippen molar-refractivity contribution in [3.05, 3.63) is 41.5 Å². The monoisotopic (exact) mass is 255 g/mol. The molecule has 1 spiro atoms. The Labute approximate surface area is 113 Å². The van der Waals surface area contributed by atoms with Crippen LogP contribution >= 0.6 is 0 Å². The molecular formula is C16H17NO2. The zero-order valence-corrected chi connectivity index (χ0v) is 10.9. The Morgan fingerprint density at radius 3 is 2.26 bits per heavy atom. The van der Waals surface area contributed by atoms with Crippen LogP contribution < -0.4 is 0 Å². The molecule has 1 saturated heterocycles. The third kappa shape index (κ3) is 2.42. The Kier molecular flexibility index (Phi) is 3.37. The van der Waals surface area contributed by atoms with Gasteiger partial charge < -0.3 is 9.47 Å². The summed E-state index contributed by atoms with van der Waals surface area (Å²) in [5, 5.41) is 9.42. The van der Waals surface area contributed by atoms with Crippen LogP contribution in [-0.2, 0) is 9.47 Å². The molecule has 2 fully saturated rings. The molecule has 1 aliphatic carbocycles. The number of allylic oxidation sites excluding steroid dienone is 2. The van der Waals surface area contributed by atoms with E-state index in [-0.39, 0.29) is 5.79 Å². The topological polar surface area (TPSA) is 42.2 Å². The molecule has 2 aliphatic rings. The first-order valence-corrected chi connectivity index (χ1v) is 6.78. The zero-order valence-electron chi connectivity index (χ0n) is 10.9. The first kappa shape index (κ1) is 12.4. The minimum absolute atomic E-state index is 0.360. The highest BCUT2D eigenvalue weighted by molar-refractivity contribution is 5.79. The van der Waals surface area contributed by atoms with Crippen LogP contribution in [0.1, 0.15) is 31.2 Å². The largest absolute Gasteiger partial charge is 0.348 e. The fourth-order valence-corrected chi connectivity index (χ4v) is 2.92. The van der Waals surface area contributed by atoms with E-state index in [9.17, 15) is 5.26 Å². The van der Waals surface area contributed by atoms with Crippen LogP contribution in [-0.4, -0.2) is 19.0 Å². The molecule has 98 valence electrons. The quantitative estimate of drug-likeness (QED) is 0.723. The van der Waals surface area contributed by atoms with E-state index >= 15 is 0 Å². The second-order valence-corrected chi connectivity index (χ2v) is 5.06.